The lowest BCUT2D eigenvalue weighted by molar-refractivity contribution is -0.137. The fourth-order valence-electron chi connectivity index (χ4n) is 1.39. The minimum absolute atomic E-state index is 0.245. The minimum Gasteiger partial charge on any atom is -0.461 e. The van der Waals surface area contributed by atoms with Crippen LogP contribution in [0.3, 0.4) is 0 Å². The fraction of sp³-hybridized carbons (Fsp3) is 0.200. The lowest BCUT2D eigenvalue weighted by Gasteiger charge is -2.06. The van der Waals surface area contributed by atoms with E-state index in [1.807, 2.05) is 0 Å². The van der Waals surface area contributed by atoms with Gasteiger partial charge in [-0.05, 0) is 25.1 Å². The lowest BCUT2D eigenvalue weighted by Crippen LogP contribution is -2.04. The Labute approximate surface area is 92.0 Å². The van der Waals surface area contributed by atoms with Crippen LogP contribution in [0.1, 0.15) is 11.3 Å². The second-order valence-electron chi connectivity index (χ2n) is 3.22. The molecule has 1 heterocycles. The first kappa shape index (κ1) is 10.5. The average Bonchev–Trinajstić information content (AvgIpc) is 2.44. The van der Waals surface area contributed by atoms with E-state index in [1.165, 1.54) is 0 Å². The monoisotopic (exact) mass is 278 g/mol. The Balaban J connectivity index is 2.72. The van der Waals surface area contributed by atoms with Crippen molar-refractivity contribution in [3.63, 3.8) is 0 Å². The molecule has 80 valence electrons. The molecule has 1 aromatic carbocycles. The van der Waals surface area contributed by atoms with Crippen LogP contribution in [0, 0.1) is 6.92 Å². The van der Waals surface area contributed by atoms with Crippen molar-refractivity contribution >= 4 is 26.9 Å². The molecule has 0 fully saturated rings. The summed E-state index contributed by atoms with van der Waals surface area (Å²) in [7, 11) is 0. The van der Waals surface area contributed by atoms with Gasteiger partial charge in [-0.25, -0.2) is 0 Å². The first-order valence-corrected chi connectivity index (χ1v) is 4.94. The number of aryl methyl sites for hydroxylation is 1. The number of halogens is 4. The van der Waals surface area contributed by atoms with Crippen LogP contribution < -0.4 is 0 Å². The normalized spacial score (nSPS) is 12.3. The fourth-order valence-corrected chi connectivity index (χ4v) is 1.94. The summed E-state index contributed by atoms with van der Waals surface area (Å²) >= 11 is 3.09. The van der Waals surface area contributed by atoms with Crippen molar-refractivity contribution in [2.45, 2.75) is 13.1 Å². The van der Waals surface area contributed by atoms with E-state index in [0.717, 1.165) is 12.1 Å². The van der Waals surface area contributed by atoms with E-state index in [2.05, 4.69) is 15.9 Å². The van der Waals surface area contributed by atoms with E-state index >= 15 is 0 Å². The molecule has 0 atom stereocenters. The zero-order chi connectivity index (χ0) is 11.2. The van der Waals surface area contributed by atoms with Crippen molar-refractivity contribution in [1.82, 2.24) is 0 Å². The van der Waals surface area contributed by atoms with Crippen LogP contribution in [-0.4, -0.2) is 0 Å². The van der Waals surface area contributed by atoms with Crippen LogP contribution in [0.2, 0.25) is 0 Å². The van der Waals surface area contributed by atoms with Crippen LogP contribution in [0.5, 0.6) is 0 Å². The molecular formula is C10H6BrF3O. The van der Waals surface area contributed by atoms with Crippen molar-refractivity contribution in [1.29, 1.82) is 0 Å². The average molecular weight is 279 g/mol. The summed E-state index contributed by atoms with van der Waals surface area (Å²) in [6.45, 7) is 1.69. The van der Waals surface area contributed by atoms with E-state index in [4.69, 9.17) is 4.42 Å². The summed E-state index contributed by atoms with van der Waals surface area (Å²) in [5.41, 5.74) is -0.467. The third-order valence-electron chi connectivity index (χ3n) is 2.04. The summed E-state index contributed by atoms with van der Waals surface area (Å²) in [5.74, 6) is 0.588. The second kappa shape index (κ2) is 3.27. The molecule has 5 heteroatoms. The standard InChI is InChI=1S/C10H6BrF3O/c1-5-2-7-8(11)3-6(10(12,13)14)4-9(7)15-5/h2-4H,1H3. The van der Waals surface area contributed by atoms with Gasteiger partial charge in [0.15, 0.2) is 0 Å². The van der Waals surface area contributed by atoms with Crippen molar-refractivity contribution in [3.05, 3.63) is 34.0 Å². The second-order valence-corrected chi connectivity index (χ2v) is 4.08. The molecule has 0 radical (unpaired) electrons. The topological polar surface area (TPSA) is 13.1 Å². The quantitative estimate of drug-likeness (QED) is 0.690. The van der Waals surface area contributed by atoms with Crippen LogP contribution in [0.25, 0.3) is 11.0 Å². The molecule has 0 aliphatic carbocycles. The van der Waals surface area contributed by atoms with E-state index in [1.54, 1.807) is 13.0 Å². The summed E-state index contributed by atoms with van der Waals surface area (Å²) in [6.07, 6.45) is -4.35. The van der Waals surface area contributed by atoms with Gasteiger partial charge < -0.3 is 4.42 Å². The number of hydrogen-bond donors (Lipinski definition) is 0. The Morgan fingerprint density at radius 3 is 2.47 bits per heavy atom. The molecule has 0 amide bonds. The van der Waals surface area contributed by atoms with Crippen molar-refractivity contribution in [2.24, 2.45) is 0 Å². The Bertz CT molecular complexity index is 513. The first-order valence-electron chi connectivity index (χ1n) is 4.15. The summed E-state index contributed by atoms with van der Waals surface area (Å²) < 4.78 is 42.9. The summed E-state index contributed by atoms with van der Waals surface area (Å²) in [6, 6.07) is 3.75. The van der Waals surface area contributed by atoms with Gasteiger partial charge in [-0.15, -0.1) is 0 Å². The molecule has 15 heavy (non-hydrogen) atoms. The van der Waals surface area contributed by atoms with Gasteiger partial charge in [0.05, 0.1) is 5.56 Å². The van der Waals surface area contributed by atoms with Gasteiger partial charge in [-0.2, -0.15) is 13.2 Å². The molecule has 1 aromatic heterocycles. The molecule has 2 aromatic rings. The molecular weight excluding hydrogens is 273 g/mol. The highest BCUT2D eigenvalue weighted by molar-refractivity contribution is 9.10. The van der Waals surface area contributed by atoms with Crippen LogP contribution in [-0.2, 0) is 6.18 Å². The van der Waals surface area contributed by atoms with Gasteiger partial charge >= 0.3 is 6.18 Å². The number of fused-ring (bicyclic) bond motifs is 1. The predicted octanol–water partition coefficient (Wildman–Crippen LogP) is 4.52. The number of benzene rings is 1. The minimum atomic E-state index is -4.35. The summed E-state index contributed by atoms with van der Waals surface area (Å²) in [5, 5.41) is 0.653. The number of furan rings is 1. The Hall–Kier alpha value is -0.970. The molecule has 0 N–H and O–H groups in total. The third-order valence-corrected chi connectivity index (χ3v) is 2.69. The van der Waals surface area contributed by atoms with Gasteiger partial charge in [-0.3, -0.25) is 0 Å². The number of hydrogen-bond acceptors (Lipinski definition) is 1. The molecule has 2 rings (SSSR count). The molecule has 0 spiro atoms. The maximum Gasteiger partial charge on any atom is 0.416 e. The summed E-state index contributed by atoms with van der Waals surface area (Å²) in [4.78, 5) is 0. The Kier molecular flexibility index (Phi) is 2.30. The molecule has 0 saturated carbocycles. The van der Waals surface area contributed by atoms with Gasteiger partial charge in [0, 0.05) is 9.86 Å². The Morgan fingerprint density at radius 1 is 1.20 bits per heavy atom. The van der Waals surface area contributed by atoms with E-state index in [9.17, 15) is 13.2 Å². The highest BCUT2D eigenvalue weighted by Crippen LogP contribution is 2.36. The first-order chi connectivity index (χ1) is 6.88. The SMILES string of the molecule is Cc1cc2c(Br)cc(C(F)(F)F)cc2o1. The molecule has 0 aliphatic rings. The van der Waals surface area contributed by atoms with Crippen molar-refractivity contribution in [3.8, 4) is 0 Å². The lowest BCUT2D eigenvalue weighted by atomic mass is 10.1. The molecule has 0 unspecified atom stereocenters. The van der Waals surface area contributed by atoms with E-state index in [0.29, 0.717) is 15.6 Å². The van der Waals surface area contributed by atoms with Crippen LogP contribution in [0.4, 0.5) is 13.2 Å². The van der Waals surface area contributed by atoms with Gasteiger partial charge in [-0.1, -0.05) is 15.9 Å². The van der Waals surface area contributed by atoms with Crippen molar-refractivity contribution in [2.75, 3.05) is 0 Å². The molecule has 1 nitrogen and oxygen atoms in total. The van der Waals surface area contributed by atoms with E-state index < -0.39 is 11.7 Å². The number of alkyl halides is 3. The molecule has 0 aliphatic heterocycles. The zero-order valence-electron chi connectivity index (χ0n) is 7.65. The smallest absolute Gasteiger partial charge is 0.416 e. The molecule has 0 bridgehead atoms. The maximum absolute atomic E-state index is 12.4. The Morgan fingerprint density at radius 2 is 1.87 bits per heavy atom. The zero-order valence-corrected chi connectivity index (χ0v) is 9.24. The maximum atomic E-state index is 12.4. The highest BCUT2D eigenvalue weighted by atomic mass is 79.9. The van der Waals surface area contributed by atoms with Gasteiger partial charge in [0.25, 0.3) is 0 Å². The van der Waals surface area contributed by atoms with E-state index in [-0.39, 0.29) is 5.58 Å². The third kappa shape index (κ3) is 1.88. The van der Waals surface area contributed by atoms with Crippen LogP contribution >= 0.6 is 15.9 Å². The number of rotatable bonds is 0. The molecule has 0 saturated heterocycles. The van der Waals surface area contributed by atoms with Crippen molar-refractivity contribution < 1.29 is 17.6 Å². The predicted molar refractivity (Wildman–Crippen MR) is 53.7 cm³/mol. The van der Waals surface area contributed by atoms with Gasteiger partial charge in [0.2, 0.25) is 0 Å². The highest BCUT2D eigenvalue weighted by Gasteiger charge is 2.31. The van der Waals surface area contributed by atoms with Gasteiger partial charge in [0.1, 0.15) is 11.3 Å². The van der Waals surface area contributed by atoms with Crippen LogP contribution in [0.15, 0.2) is 27.1 Å². The largest absolute Gasteiger partial charge is 0.461 e.